The summed E-state index contributed by atoms with van der Waals surface area (Å²) in [7, 11) is 0. The highest BCUT2D eigenvalue weighted by Crippen LogP contribution is 2.31. The number of halogens is 1. The van der Waals surface area contributed by atoms with Crippen LogP contribution in [0.3, 0.4) is 0 Å². The van der Waals surface area contributed by atoms with Crippen LogP contribution in [0.5, 0.6) is 0 Å². The van der Waals surface area contributed by atoms with Crippen molar-refractivity contribution < 1.29 is 23.6 Å². The lowest BCUT2D eigenvalue weighted by molar-refractivity contribution is -0.123. The van der Waals surface area contributed by atoms with Gasteiger partial charge in [0.15, 0.2) is 0 Å². The van der Waals surface area contributed by atoms with E-state index in [4.69, 9.17) is 10.5 Å². The summed E-state index contributed by atoms with van der Waals surface area (Å²) in [5.74, 6) is -0.854. The number of urea groups is 2. The fourth-order valence-corrected chi connectivity index (χ4v) is 6.84. The third-order valence-corrected chi connectivity index (χ3v) is 9.67. The van der Waals surface area contributed by atoms with Gasteiger partial charge in [0.1, 0.15) is 31.0 Å². The van der Waals surface area contributed by atoms with Crippen LogP contribution in [0.4, 0.5) is 14.0 Å². The molecule has 0 saturated carbocycles. The van der Waals surface area contributed by atoms with Crippen molar-refractivity contribution in [3.8, 4) is 12.1 Å². The molecule has 13 heteroatoms. The van der Waals surface area contributed by atoms with Crippen LogP contribution in [0.1, 0.15) is 80.0 Å². The SMILES string of the molecule is CCCC(NC(=O)N1CCC(c2ccccc2CCCC(NC(=O)N2CC=C(c3cc(C)ccc3F)CC2)C(=O)NCC#N)CC1)C(=O)NCC#N. The first kappa shape index (κ1) is 39.4. The molecule has 0 spiro atoms. The first-order valence-corrected chi connectivity index (χ1v) is 18.1. The van der Waals surface area contributed by atoms with E-state index in [0.29, 0.717) is 63.7 Å². The lowest BCUT2D eigenvalue weighted by atomic mass is 9.85. The van der Waals surface area contributed by atoms with E-state index in [1.165, 1.54) is 11.6 Å². The zero-order valence-corrected chi connectivity index (χ0v) is 30.1. The predicted molar refractivity (Wildman–Crippen MR) is 195 cm³/mol. The van der Waals surface area contributed by atoms with Crippen LogP contribution < -0.4 is 21.3 Å². The molecule has 2 atom stereocenters. The van der Waals surface area contributed by atoms with E-state index in [9.17, 15) is 23.6 Å². The average Bonchev–Trinajstić information content (AvgIpc) is 3.16. The van der Waals surface area contributed by atoms with E-state index in [1.807, 2.05) is 44.2 Å². The number of aryl methyl sites for hydroxylation is 2. The first-order chi connectivity index (χ1) is 25.1. The highest BCUT2D eigenvalue weighted by molar-refractivity contribution is 5.88. The lowest BCUT2D eigenvalue weighted by Crippen LogP contribution is -2.52. The van der Waals surface area contributed by atoms with E-state index >= 15 is 0 Å². The molecule has 2 aliphatic heterocycles. The van der Waals surface area contributed by atoms with Crippen LogP contribution >= 0.6 is 0 Å². The molecule has 0 aliphatic carbocycles. The molecule has 0 aromatic heterocycles. The molecule has 2 aliphatic rings. The largest absolute Gasteiger partial charge is 0.341 e. The zero-order valence-electron chi connectivity index (χ0n) is 30.1. The molecule has 1 saturated heterocycles. The molecule has 4 N–H and O–H groups in total. The molecule has 1 fully saturated rings. The molecular formula is C39H49FN8O4. The molecule has 2 aromatic carbocycles. The lowest BCUT2D eigenvalue weighted by Gasteiger charge is -2.34. The van der Waals surface area contributed by atoms with Gasteiger partial charge in [-0.3, -0.25) is 9.59 Å². The highest BCUT2D eigenvalue weighted by Gasteiger charge is 2.29. The number of piperidine rings is 1. The molecule has 2 unspecified atom stereocenters. The van der Waals surface area contributed by atoms with E-state index in [1.54, 1.807) is 21.9 Å². The Kier molecular flexibility index (Phi) is 15.0. The second-order valence-electron chi connectivity index (χ2n) is 13.3. The third-order valence-electron chi connectivity index (χ3n) is 9.67. The first-order valence-electron chi connectivity index (χ1n) is 18.1. The number of amides is 6. The molecule has 2 heterocycles. The minimum Gasteiger partial charge on any atom is -0.341 e. The number of hydrogen-bond donors (Lipinski definition) is 4. The molecule has 12 nitrogen and oxygen atoms in total. The zero-order chi connectivity index (χ0) is 37.5. The van der Waals surface area contributed by atoms with Crippen molar-refractivity contribution >= 4 is 29.4 Å². The van der Waals surface area contributed by atoms with Gasteiger partial charge in [-0.15, -0.1) is 0 Å². The van der Waals surface area contributed by atoms with Crippen molar-refractivity contribution in [3.05, 3.63) is 76.6 Å². The average molecular weight is 713 g/mol. The molecule has 52 heavy (non-hydrogen) atoms. The van der Waals surface area contributed by atoms with Crippen LogP contribution in [-0.4, -0.2) is 85.0 Å². The van der Waals surface area contributed by atoms with Gasteiger partial charge in [-0.05, 0) is 86.6 Å². The van der Waals surface area contributed by atoms with Crippen LogP contribution in [0.2, 0.25) is 0 Å². The number of hydrogen-bond acceptors (Lipinski definition) is 6. The van der Waals surface area contributed by atoms with Gasteiger partial charge in [0.05, 0.1) is 12.1 Å². The Morgan fingerprint density at radius 1 is 0.885 bits per heavy atom. The molecule has 4 rings (SSSR count). The van der Waals surface area contributed by atoms with Crippen LogP contribution in [0, 0.1) is 35.4 Å². The van der Waals surface area contributed by atoms with Gasteiger partial charge >= 0.3 is 12.1 Å². The maximum atomic E-state index is 14.5. The maximum absolute atomic E-state index is 14.5. The van der Waals surface area contributed by atoms with Gasteiger partial charge < -0.3 is 31.1 Å². The second kappa shape index (κ2) is 19.8. The number of nitriles is 2. The summed E-state index contributed by atoms with van der Waals surface area (Å²) >= 11 is 0. The number of nitrogens with one attached hydrogen (secondary N) is 4. The minimum atomic E-state index is -0.840. The monoisotopic (exact) mass is 712 g/mol. The van der Waals surface area contributed by atoms with Crippen LogP contribution in [0.15, 0.2) is 48.5 Å². The Morgan fingerprint density at radius 3 is 2.13 bits per heavy atom. The summed E-state index contributed by atoms with van der Waals surface area (Å²) in [6, 6.07) is 14.7. The van der Waals surface area contributed by atoms with Crippen molar-refractivity contribution in [2.75, 3.05) is 39.3 Å². The highest BCUT2D eigenvalue weighted by atomic mass is 19.1. The Balaban J connectivity index is 1.32. The van der Waals surface area contributed by atoms with Crippen molar-refractivity contribution in [2.24, 2.45) is 0 Å². The topological polar surface area (TPSA) is 170 Å². The summed E-state index contributed by atoms with van der Waals surface area (Å²) in [5.41, 5.74) is 4.68. The van der Waals surface area contributed by atoms with Crippen molar-refractivity contribution in [3.63, 3.8) is 0 Å². The van der Waals surface area contributed by atoms with Gasteiger partial charge in [-0.2, -0.15) is 10.5 Å². The van der Waals surface area contributed by atoms with Crippen molar-refractivity contribution in [1.29, 1.82) is 10.5 Å². The normalized spacial score (nSPS) is 15.7. The molecule has 2 aromatic rings. The molecule has 0 radical (unpaired) electrons. The molecule has 276 valence electrons. The smallest absolute Gasteiger partial charge is 0.318 e. The molecule has 6 amide bonds. The van der Waals surface area contributed by atoms with Gasteiger partial charge in [0, 0.05) is 31.7 Å². The summed E-state index contributed by atoms with van der Waals surface area (Å²) in [4.78, 5) is 55.1. The quantitative estimate of drug-likeness (QED) is 0.208. The predicted octanol–water partition coefficient (Wildman–Crippen LogP) is 4.66. The van der Waals surface area contributed by atoms with Crippen LogP contribution in [-0.2, 0) is 16.0 Å². The molecular weight excluding hydrogens is 663 g/mol. The Morgan fingerprint density at radius 2 is 1.52 bits per heavy atom. The number of benzene rings is 2. The summed E-state index contributed by atoms with van der Waals surface area (Å²) in [6.45, 7) is 5.28. The van der Waals surface area contributed by atoms with E-state index in [0.717, 1.165) is 29.5 Å². The van der Waals surface area contributed by atoms with Crippen LogP contribution in [0.25, 0.3) is 5.57 Å². The van der Waals surface area contributed by atoms with Gasteiger partial charge in [-0.1, -0.05) is 55.3 Å². The Hall–Kier alpha value is -5.43. The minimum absolute atomic E-state index is 0.111. The van der Waals surface area contributed by atoms with Crippen molar-refractivity contribution in [1.82, 2.24) is 31.1 Å². The third kappa shape index (κ3) is 11.0. The summed E-state index contributed by atoms with van der Waals surface area (Å²) in [6.07, 6.45) is 6.65. The Bertz CT molecular complexity index is 1690. The number of nitrogens with zero attached hydrogens (tertiary/aromatic N) is 4. The van der Waals surface area contributed by atoms with E-state index in [2.05, 4.69) is 33.4 Å². The maximum Gasteiger partial charge on any atom is 0.318 e. The fraction of sp³-hybridized carbons (Fsp3) is 0.487. The number of rotatable bonds is 14. The number of carbonyl (C=O) groups is 4. The summed E-state index contributed by atoms with van der Waals surface area (Å²) < 4.78 is 14.5. The van der Waals surface area contributed by atoms with E-state index < -0.39 is 24.0 Å². The van der Waals surface area contributed by atoms with Gasteiger partial charge in [0.25, 0.3) is 0 Å². The van der Waals surface area contributed by atoms with Gasteiger partial charge in [-0.25, -0.2) is 14.0 Å². The number of likely N-dealkylation sites (tertiary alicyclic amines) is 1. The second-order valence-corrected chi connectivity index (χ2v) is 13.3. The number of carbonyl (C=O) groups excluding carboxylic acids is 4. The van der Waals surface area contributed by atoms with Crippen molar-refractivity contribution in [2.45, 2.75) is 83.2 Å². The molecule has 0 bridgehead atoms. The van der Waals surface area contributed by atoms with Gasteiger partial charge in [0.2, 0.25) is 11.8 Å². The Labute approximate surface area is 305 Å². The van der Waals surface area contributed by atoms with E-state index in [-0.39, 0.29) is 43.3 Å². The standard InChI is InChI=1S/C39H49FN8O4/c1-3-7-34(36(49)43-20-18-41)45-38(51)47-22-14-29(15-23-47)31-10-5-4-8-28(31)9-6-11-35(37(50)44-21-19-42)46-39(52)48-24-16-30(17-25-48)32-26-27(2)12-13-33(32)40/h4-5,8,10,12-13,16,26,29,34-35H,3,6-7,9,11,14-15,17,20-25H2,1-2H3,(H,43,49)(H,44,50)(H,45,51)(H,46,52). The summed E-state index contributed by atoms with van der Waals surface area (Å²) in [5, 5.41) is 28.6. The fourth-order valence-electron chi connectivity index (χ4n) is 6.84.